The number of methoxy groups -OCH3 is 1. The number of benzene rings is 1. The number of ether oxygens (including phenoxy) is 1. The second kappa shape index (κ2) is 5.16. The molecule has 3 rings (SSSR count). The molecule has 1 aliphatic rings. The molecule has 0 aliphatic carbocycles. The molecule has 1 amide bonds. The van der Waals surface area contributed by atoms with Crippen LogP contribution in [0.25, 0.3) is 11.5 Å². The van der Waals surface area contributed by atoms with E-state index in [1.807, 2.05) is 24.3 Å². The molecule has 0 N–H and O–H groups in total. The molecule has 0 spiro atoms. The number of carbonyl (C=O) groups excluding carboxylic acids is 1. The van der Waals surface area contributed by atoms with Crippen molar-refractivity contribution in [3.05, 3.63) is 24.3 Å². The smallest absolute Gasteiger partial charge is 0.325 e. The molecule has 1 aliphatic heterocycles. The van der Waals surface area contributed by atoms with Gasteiger partial charge < -0.3 is 9.15 Å². The molecule has 0 saturated carbocycles. The van der Waals surface area contributed by atoms with Crippen LogP contribution in [-0.4, -0.2) is 35.0 Å². The molecule has 2 aromatic rings. The summed E-state index contributed by atoms with van der Waals surface area (Å²) in [6, 6.07) is 7.48. The molecular formula is C13H13N3O3S. The number of aromatic nitrogens is 2. The van der Waals surface area contributed by atoms with Crippen LogP contribution >= 0.6 is 12.6 Å². The Kier molecular flexibility index (Phi) is 3.35. The van der Waals surface area contributed by atoms with Gasteiger partial charge in [-0.3, -0.25) is 9.69 Å². The minimum Gasteiger partial charge on any atom is -0.497 e. The third-order valence-electron chi connectivity index (χ3n) is 3.09. The van der Waals surface area contributed by atoms with Crippen molar-refractivity contribution in [2.24, 2.45) is 0 Å². The number of hydrogen-bond donors (Lipinski definition) is 1. The topological polar surface area (TPSA) is 68.5 Å². The van der Waals surface area contributed by atoms with Gasteiger partial charge in [-0.15, -0.1) is 5.10 Å². The Balaban J connectivity index is 1.84. The summed E-state index contributed by atoms with van der Waals surface area (Å²) in [7, 11) is 1.60. The van der Waals surface area contributed by atoms with E-state index in [1.165, 1.54) is 4.90 Å². The minimum atomic E-state index is -0.0464. The number of thiol groups is 1. The minimum absolute atomic E-state index is 0.0128. The normalized spacial score (nSPS) is 18.6. The molecule has 0 bridgehead atoms. The lowest BCUT2D eigenvalue weighted by atomic mass is 10.2. The molecule has 2 heterocycles. The molecule has 1 aromatic heterocycles. The van der Waals surface area contributed by atoms with E-state index in [4.69, 9.17) is 9.15 Å². The Hall–Kier alpha value is -2.02. The van der Waals surface area contributed by atoms with Crippen molar-refractivity contribution in [1.29, 1.82) is 0 Å². The summed E-state index contributed by atoms with van der Waals surface area (Å²) >= 11 is 4.29. The summed E-state index contributed by atoms with van der Waals surface area (Å²) in [6.07, 6.45) is 0.392. The van der Waals surface area contributed by atoms with Crippen molar-refractivity contribution in [3.8, 4) is 17.2 Å². The molecule has 104 valence electrons. The van der Waals surface area contributed by atoms with E-state index in [0.29, 0.717) is 18.9 Å². The monoisotopic (exact) mass is 291 g/mol. The predicted molar refractivity (Wildman–Crippen MR) is 76.0 cm³/mol. The fourth-order valence-electron chi connectivity index (χ4n) is 2.05. The molecule has 0 radical (unpaired) electrons. The zero-order valence-corrected chi connectivity index (χ0v) is 11.7. The van der Waals surface area contributed by atoms with Gasteiger partial charge in [-0.2, -0.15) is 12.6 Å². The van der Waals surface area contributed by atoms with Crippen LogP contribution in [0, 0.1) is 0 Å². The molecular weight excluding hydrogens is 278 g/mol. The number of amides is 1. The van der Waals surface area contributed by atoms with Crippen LogP contribution in [0.2, 0.25) is 0 Å². The van der Waals surface area contributed by atoms with Gasteiger partial charge in [-0.1, -0.05) is 5.10 Å². The molecule has 1 saturated heterocycles. The summed E-state index contributed by atoms with van der Waals surface area (Å²) in [5.74, 6) is 1.08. The Morgan fingerprint density at radius 1 is 1.35 bits per heavy atom. The molecule has 1 aromatic carbocycles. The van der Waals surface area contributed by atoms with Gasteiger partial charge in [0.25, 0.3) is 0 Å². The second-order valence-electron chi connectivity index (χ2n) is 4.48. The first-order valence-electron chi connectivity index (χ1n) is 6.14. The van der Waals surface area contributed by atoms with E-state index in [-0.39, 0.29) is 17.2 Å². The van der Waals surface area contributed by atoms with Crippen molar-refractivity contribution >= 4 is 24.6 Å². The van der Waals surface area contributed by atoms with Gasteiger partial charge in [0.2, 0.25) is 11.8 Å². The van der Waals surface area contributed by atoms with Gasteiger partial charge in [0.05, 0.1) is 7.11 Å². The van der Waals surface area contributed by atoms with Gasteiger partial charge in [0, 0.05) is 23.8 Å². The van der Waals surface area contributed by atoms with E-state index in [0.717, 1.165) is 11.3 Å². The molecule has 1 fully saturated rings. The van der Waals surface area contributed by atoms with Crippen LogP contribution in [0.3, 0.4) is 0 Å². The fourth-order valence-corrected chi connectivity index (χ4v) is 2.37. The standard InChI is InChI=1S/C13H13N3O3S/c1-18-9-4-2-8(3-5-9)12-14-15-13(19-12)16-7-10(20)6-11(16)17/h2-5,10,20H,6-7H2,1H3. The summed E-state index contributed by atoms with van der Waals surface area (Å²) in [4.78, 5) is 13.2. The van der Waals surface area contributed by atoms with Gasteiger partial charge >= 0.3 is 6.01 Å². The highest BCUT2D eigenvalue weighted by Crippen LogP contribution is 2.27. The highest BCUT2D eigenvalue weighted by atomic mass is 32.1. The zero-order valence-electron chi connectivity index (χ0n) is 10.8. The fraction of sp³-hybridized carbons (Fsp3) is 0.308. The highest BCUT2D eigenvalue weighted by molar-refractivity contribution is 7.81. The van der Waals surface area contributed by atoms with Gasteiger partial charge in [0.15, 0.2) is 0 Å². The lowest BCUT2D eigenvalue weighted by Gasteiger charge is -2.08. The first kappa shape index (κ1) is 13.0. The van der Waals surface area contributed by atoms with Crippen molar-refractivity contribution < 1.29 is 13.9 Å². The Bertz CT molecular complexity index is 626. The number of hydrogen-bond acceptors (Lipinski definition) is 6. The quantitative estimate of drug-likeness (QED) is 0.873. The van der Waals surface area contributed by atoms with E-state index in [9.17, 15) is 4.79 Å². The third kappa shape index (κ3) is 2.36. The second-order valence-corrected chi connectivity index (χ2v) is 5.21. The van der Waals surface area contributed by atoms with Crippen molar-refractivity contribution in [2.75, 3.05) is 18.6 Å². The Morgan fingerprint density at radius 2 is 2.10 bits per heavy atom. The summed E-state index contributed by atoms with van der Waals surface area (Å²) < 4.78 is 10.6. The van der Waals surface area contributed by atoms with E-state index >= 15 is 0 Å². The van der Waals surface area contributed by atoms with Crippen LogP contribution in [-0.2, 0) is 4.79 Å². The van der Waals surface area contributed by atoms with Gasteiger partial charge in [0.1, 0.15) is 5.75 Å². The van der Waals surface area contributed by atoms with E-state index in [2.05, 4.69) is 22.8 Å². The molecule has 6 nitrogen and oxygen atoms in total. The molecule has 1 unspecified atom stereocenters. The molecule has 7 heteroatoms. The Morgan fingerprint density at radius 3 is 2.70 bits per heavy atom. The van der Waals surface area contributed by atoms with E-state index in [1.54, 1.807) is 7.11 Å². The average molecular weight is 291 g/mol. The maximum atomic E-state index is 11.7. The summed E-state index contributed by atoms with van der Waals surface area (Å²) in [5.41, 5.74) is 0.776. The van der Waals surface area contributed by atoms with Crippen LogP contribution in [0.4, 0.5) is 6.01 Å². The maximum absolute atomic E-state index is 11.7. The number of anilines is 1. The molecule has 1 atom stereocenters. The average Bonchev–Trinajstić information content (AvgIpc) is 3.05. The first-order chi connectivity index (χ1) is 9.67. The lowest BCUT2D eigenvalue weighted by Crippen LogP contribution is -2.24. The highest BCUT2D eigenvalue weighted by Gasteiger charge is 2.31. The zero-order chi connectivity index (χ0) is 14.1. The molecule has 20 heavy (non-hydrogen) atoms. The maximum Gasteiger partial charge on any atom is 0.325 e. The van der Waals surface area contributed by atoms with Crippen LogP contribution in [0.1, 0.15) is 6.42 Å². The van der Waals surface area contributed by atoms with Crippen LogP contribution in [0.5, 0.6) is 5.75 Å². The first-order valence-corrected chi connectivity index (χ1v) is 6.65. The van der Waals surface area contributed by atoms with Crippen LogP contribution in [0.15, 0.2) is 28.7 Å². The number of rotatable bonds is 3. The van der Waals surface area contributed by atoms with Gasteiger partial charge in [-0.25, -0.2) is 0 Å². The third-order valence-corrected chi connectivity index (χ3v) is 3.43. The Labute approximate surface area is 121 Å². The van der Waals surface area contributed by atoms with Crippen molar-refractivity contribution in [3.63, 3.8) is 0 Å². The summed E-state index contributed by atoms with van der Waals surface area (Å²) in [6.45, 7) is 0.492. The summed E-state index contributed by atoms with van der Waals surface area (Å²) in [5, 5.41) is 7.91. The SMILES string of the molecule is COc1ccc(-c2nnc(N3CC(S)CC3=O)o2)cc1. The van der Waals surface area contributed by atoms with Crippen molar-refractivity contribution in [1.82, 2.24) is 10.2 Å². The van der Waals surface area contributed by atoms with Crippen molar-refractivity contribution in [2.45, 2.75) is 11.7 Å². The van der Waals surface area contributed by atoms with E-state index < -0.39 is 0 Å². The van der Waals surface area contributed by atoms with Crippen LogP contribution < -0.4 is 9.64 Å². The predicted octanol–water partition coefficient (Wildman–Crippen LogP) is 1.78. The lowest BCUT2D eigenvalue weighted by molar-refractivity contribution is -0.117. The number of nitrogens with zero attached hydrogens (tertiary/aromatic N) is 3. The van der Waals surface area contributed by atoms with Gasteiger partial charge in [-0.05, 0) is 24.3 Å². The largest absolute Gasteiger partial charge is 0.497 e. The number of carbonyl (C=O) groups is 1.